The van der Waals surface area contributed by atoms with Crippen molar-refractivity contribution in [1.29, 1.82) is 0 Å². The van der Waals surface area contributed by atoms with Gasteiger partial charge in [-0.1, -0.05) is 12.1 Å². The van der Waals surface area contributed by atoms with E-state index in [0.717, 1.165) is 4.90 Å². The van der Waals surface area contributed by atoms with Gasteiger partial charge in [-0.2, -0.15) is 0 Å². The summed E-state index contributed by atoms with van der Waals surface area (Å²) in [6.07, 6.45) is -0.0480. The lowest BCUT2D eigenvalue weighted by Crippen LogP contribution is -2.40. The minimum Gasteiger partial charge on any atom is -0.507 e. The first-order chi connectivity index (χ1) is 8.91. The number of amides is 3. The third-order valence-corrected chi connectivity index (χ3v) is 3.17. The maximum Gasteiger partial charge on any atom is 0.255 e. The number of hydrogen-bond donors (Lipinski definition) is 2. The van der Waals surface area contributed by atoms with Crippen molar-refractivity contribution in [3.8, 4) is 5.75 Å². The van der Waals surface area contributed by atoms with Crippen LogP contribution in [0.15, 0.2) is 18.2 Å². The lowest BCUT2D eigenvalue weighted by Gasteiger charge is -2.12. The average Bonchev–Trinajstić information content (AvgIpc) is 2.60. The van der Waals surface area contributed by atoms with Crippen LogP contribution in [0.1, 0.15) is 22.3 Å². The van der Waals surface area contributed by atoms with Gasteiger partial charge in [0.2, 0.25) is 5.91 Å². The molecule has 1 aliphatic rings. The average molecular weight is 262 g/mol. The molecule has 1 heterocycles. The summed E-state index contributed by atoms with van der Waals surface area (Å²) < 4.78 is 0. The summed E-state index contributed by atoms with van der Waals surface area (Å²) in [5, 5.41) is 12.3. The van der Waals surface area contributed by atoms with E-state index in [1.807, 2.05) is 0 Å². The number of nitrogens with one attached hydrogen (secondary N) is 1. The van der Waals surface area contributed by atoms with Crippen LogP contribution in [0, 0.1) is 6.92 Å². The fourth-order valence-corrected chi connectivity index (χ4v) is 1.95. The highest BCUT2D eigenvalue weighted by Crippen LogP contribution is 2.22. The van der Waals surface area contributed by atoms with Crippen molar-refractivity contribution in [3.63, 3.8) is 0 Å². The summed E-state index contributed by atoms with van der Waals surface area (Å²) >= 11 is 0. The van der Waals surface area contributed by atoms with Gasteiger partial charge in [-0.3, -0.25) is 19.3 Å². The minimum absolute atomic E-state index is 0.0480. The second-order valence-corrected chi connectivity index (χ2v) is 4.49. The standard InChI is InChI=1S/C13H14N2O4/c1-7-4-3-5-8(11(7)17)12(18)14-9-6-10(16)15(2)13(9)19/h3-5,9,17H,6H2,1-2H3,(H,14,18). The van der Waals surface area contributed by atoms with E-state index >= 15 is 0 Å². The molecule has 1 unspecified atom stereocenters. The van der Waals surface area contributed by atoms with Crippen molar-refractivity contribution in [2.75, 3.05) is 7.05 Å². The molecule has 2 N–H and O–H groups in total. The third-order valence-electron chi connectivity index (χ3n) is 3.17. The summed E-state index contributed by atoms with van der Waals surface area (Å²) in [6, 6.07) is 3.91. The molecule has 1 atom stereocenters. The number of carbonyl (C=O) groups is 3. The minimum atomic E-state index is -0.857. The number of phenolic OH excluding ortho intramolecular Hbond substituents is 1. The number of likely N-dealkylation sites (N-methyl/N-ethyl adjacent to an activating group) is 1. The molecule has 0 aromatic heterocycles. The number of imide groups is 1. The number of para-hydroxylation sites is 1. The molecular formula is C13H14N2O4. The Bertz CT molecular complexity index is 568. The number of carbonyl (C=O) groups excluding carboxylic acids is 3. The first-order valence-electron chi connectivity index (χ1n) is 5.81. The molecule has 1 saturated heterocycles. The number of nitrogens with zero attached hydrogens (tertiary/aromatic N) is 1. The van der Waals surface area contributed by atoms with Gasteiger partial charge in [0.15, 0.2) is 0 Å². The Morgan fingerprint density at radius 3 is 2.68 bits per heavy atom. The van der Waals surface area contributed by atoms with Crippen molar-refractivity contribution < 1.29 is 19.5 Å². The molecule has 6 nitrogen and oxygen atoms in total. The molecule has 100 valence electrons. The Kier molecular flexibility index (Phi) is 3.25. The van der Waals surface area contributed by atoms with E-state index in [1.165, 1.54) is 13.1 Å². The van der Waals surface area contributed by atoms with Gasteiger partial charge in [0.05, 0.1) is 12.0 Å². The number of hydrogen-bond acceptors (Lipinski definition) is 4. The molecule has 0 saturated carbocycles. The van der Waals surface area contributed by atoms with Crippen LogP contribution in [0.5, 0.6) is 5.75 Å². The Labute approximate surface area is 110 Å². The number of phenols is 1. The highest BCUT2D eigenvalue weighted by molar-refractivity contribution is 6.08. The summed E-state index contributed by atoms with van der Waals surface area (Å²) in [5.74, 6) is -1.46. The number of rotatable bonds is 2. The summed E-state index contributed by atoms with van der Waals surface area (Å²) in [4.78, 5) is 36.0. The van der Waals surface area contributed by atoms with Crippen LogP contribution in [0.4, 0.5) is 0 Å². The van der Waals surface area contributed by atoms with Crippen molar-refractivity contribution in [3.05, 3.63) is 29.3 Å². The van der Waals surface area contributed by atoms with Crippen LogP contribution in [-0.4, -0.2) is 40.8 Å². The zero-order valence-electron chi connectivity index (χ0n) is 10.6. The largest absolute Gasteiger partial charge is 0.507 e. The molecule has 1 aromatic rings. The predicted molar refractivity (Wildman–Crippen MR) is 66.5 cm³/mol. The Balaban J connectivity index is 2.16. The van der Waals surface area contributed by atoms with E-state index < -0.39 is 17.9 Å². The molecule has 0 spiro atoms. The topological polar surface area (TPSA) is 86.7 Å². The SMILES string of the molecule is Cc1cccc(C(=O)NC2CC(=O)N(C)C2=O)c1O. The van der Waals surface area contributed by atoms with Crippen LogP contribution in [0.25, 0.3) is 0 Å². The second-order valence-electron chi connectivity index (χ2n) is 4.49. The van der Waals surface area contributed by atoms with Crippen molar-refractivity contribution in [2.45, 2.75) is 19.4 Å². The van der Waals surface area contributed by atoms with E-state index in [-0.39, 0.29) is 23.6 Å². The van der Waals surface area contributed by atoms with Gasteiger partial charge >= 0.3 is 0 Å². The lowest BCUT2D eigenvalue weighted by molar-refractivity contribution is -0.137. The van der Waals surface area contributed by atoms with Crippen LogP contribution >= 0.6 is 0 Å². The van der Waals surface area contributed by atoms with Crippen molar-refractivity contribution >= 4 is 17.7 Å². The van der Waals surface area contributed by atoms with Gasteiger partial charge in [0, 0.05) is 7.05 Å². The molecule has 2 rings (SSSR count). The Morgan fingerprint density at radius 1 is 1.42 bits per heavy atom. The van der Waals surface area contributed by atoms with Crippen LogP contribution in [0.3, 0.4) is 0 Å². The van der Waals surface area contributed by atoms with Gasteiger partial charge < -0.3 is 10.4 Å². The summed E-state index contributed by atoms with van der Waals surface area (Å²) in [7, 11) is 1.38. The highest BCUT2D eigenvalue weighted by Gasteiger charge is 2.37. The molecule has 0 aliphatic carbocycles. The lowest BCUT2D eigenvalue weighted by atomic mass is 10.1. The normalized spacial score (nSPS) is 18.8. The molecule has 3 amide bonds. The molecule has 1 aromatic carbocycles. The molecular weight excluding hydrogens is 248 g/mol. The van der Waals surface area contributed by atoms with Gasteiger partial charge in [-0.05, 0) is 18.6 Å². The monoisotopic (exact) mass is 262 g/mol. The quantitative estimate of drug-likeness (QED) is 0.745. The summed E-state index contributed by atoms with van der Waals surface area (Å²) in [5.41, 5.74) is 0.661. The number of aromatic hydroxyl groups is 1. The molecule has 1 aliphatic heterocycles. The second kappa shape index (κ2) is 4.72. The van der Waals surface area contributed by atoms with E-state index in [2.05, 4.69) is 5.32 Å². The molecule has 0 radical (unpaired) electrons. The van der Waals surface area contributed by atoms with Crippen molar-refractivity contribution in [1.82, 2.24) is 10.2 Å². The number of likely N-dealkylation sites (tertiary alicyclic amines) is 1. The third kappa shape index (κ3) is 2.29. The number of benzene rings is 1. The molecule has 1 fully saturated rings. The zero-order valence-corrected chi connectivity index (χ0v) is 10.6. The first kappa shape index (κ1) is 13.1. The maximum absolute atomic E-state index is 12.0. The fourth-order valence-electron chi connectivity index (χ4n) is 1.95. The highest BCUT2D eigenvalue weighted by atomic mass is 16.3. The Morgan fingerprint density at radius 2 is 2.11 bits per heavy atom. The van der Waals surface area contributed by atoms with Crippen LogP contribution in [-0.2, 0) is 9.59 Å². The first-order valence-corrected chi connectivity index (χ1v) is 5.81. The van der Waals surface area contributed by atoms with Crippen molar-refractivity contribution in [2.24, 2.45) is 0 Å². The smallest absolute Gasteiger partial charge is 0.255 e. The fraction of sp³-hybridized carbons (Fsp3) is 0.308. The van der Waals surface area contributed by atoms with Gasteiger partial charge in [-0.25, -0.2) is 0 Å². The van der Waals surface area contributed by atoms with Gasteiger partial charge in [-0.15, -0.1) is 0 Å². The molecule has 19 heavy (non-hydrogen) atoms. The van der Waals surface area contributed by atoms with E-state index in [9.17, 15) is 19.5 Å². The van der Waals surface area contributed by atoms with E-state index in [0.29, 0.717) is 5.56 Å². The number of aryl methyl sites for hydroxylation is 1. The van der Waals surface area contributed by atoms with Crippen LogP contribution < -0.4 is 5.32 Å². The van der Waals surface area contributed by atoms with Gasteiger partial charge in [0.1, 0.15) is 11.8 Å². The van der Waals surface area contributed by atoms with E-state index in [1.54, 1.807) is 19.1 Å². The van der Waals surface area contributed by atoms with Crippen LogP contribution in [0.2, 0.25) is 0 Å². The van der Waals surface area contributed by atoms with E-state index in [4.69, 9.17) is 0 Å². The summed E-state index contributed by atoms with van der Waals surface area (Å²) in [6.45, 7) is 1.67. The molecule has 6 heteroatoms. The van der Waals surface area contributed by atoms with Gasteiger partial charge in [0.25, 0.3) is 11.8 Å². The molecule has 0 bridgehead atoms. The Hall–Kier alpha value is -2.37. The zero-order chi connectivity index (χ0) is 14.2. The maximum atomic E-state index is 12.0. The predicted octanol–water partition coefficient (Wildman–Crippen LogP) is 0.188.